The molecular weight excluding hydrogens is 560 g/mol. The van der Waals surface area contributed by atoms with Crippen LogP contribution in [0.25, 0.3) is 11.1 Å². The van der Waals surface area contributed by atoms with Gasteiger partial charge in [-0.2, -0.15) is 0 Å². The van der Waals surface area contributed by atoms with Crippen LogP contribution >= 0.6 is 0 Å². The molecule has 4 aromatic rings. The van der Waals surface area contributed by atoms with Crippen molar-refractivity contribution in [2.75, 3.05) is 13.2 Å². The van der Waals surface area contributed by atoms with Crippen molar-refractivity contribution in [1.29, 1.82) is 0 Å². The van der Waals surface area contributed by atoms with Crippen LogP contribution in [0, 0.1) is 0 Å². The van der Waals surface area contributed by atoms with Crippen LogP contribution in [0.1, 0.15) is 22.3 Å². The van der Waals surface area contributed by atoms with Gasteiger partial charge in [-0.15, -0.1) is 0 Å². The summed E-state index contributed by atoms with van der Waals surface area (Å²) in [6.07, 6.45) is -1.29. The smallest absolute Gasteiger partial charge is 0.192 e. The molecule has 8 rings (SSSR count). The monoisotopic (exact) mass is 586 g/mol. The van der Waals surface area contributed by atoms with Crippen LogP contribution in [-0.2, 0) is 27.9 Å². The Morgan fingerprint density at radius 1 is 0.581 bits per heavy atom. The number of phenolic OH excluding ortho intramolecular Hbond substituents is 6. The highest BCUT2D eigenvalue weighted by atomic mass is 16.8. The van der Waals surface area contributed by atoms with Gasteiger partial charge >= 0.3 is 0 Å². The Kier molecular flexibility index (Phi) is 5.03. The predicted octanol–water partition coefficient (Wildman–Crippen LogP) is 3.26. The molecule has 220 valence electrons. The fourth-order valence-electron chi connectivity index (χ4n) is 7.04. The molecular formula is C32H26O11. The third-order valence-corrected chi connectivity index (χ3v) is 8.99. The van der Waals surface area contributed by atoms with E-state index in [0.717, 1.165) is 0 Å². The molecule has 0 spiro atoms. The van der Waals surface area contributed by atoms with Gasteiger partial charge in [0.15, 0.2) is 40.5 Å². The number of aromatic hydroxyl groups is 6. The first-order valence-corrected chi connectivity index (χ1v) is 13.6. The lowest BCUT2D eigenvalue weighted by molar-refractivity contribution is -0.218. The maximum atomic E-state index is 12.4. The van der Waals surface area contributed by atoms with E-state index in [4.69, 9.17) is 18.9 Å². The highest BCUT2D eigenvalue weighted by Gasteiger charge is 2.72. The molecule has 1 aliphatic carbocycles. The Morgan fingerprint density at radius 2 is 1.23 bits per heavy atom. The third kappa shape index (κ3) is 3.40. The van der Waals surface area contributed by atoms with Crippen LogP contribution in [0.5, 0.6) is 46.0 Å². The Hall–Kier alpha value is -4.84. The molecule has 0 bridgehead atoms. The fourth-order valence-corrected chi connectivity index (χ4v) is 7.04. The zero-order valence-electron chi connectivity index (χ0n) is 22.4. The summed E-state index contributed by atoms with van der Waals surface area (Å²) in [6.45, 7) is -0.395. The first-order chi connectivity index (χ1) is 20.5. The van der Waals surface area contributed by atoms with Crippen molar-refractivity contribution in [1.82, 2.24) is 0 Å². The summed E-state index contributed by atoms with van der Waals surface area (Å²) in [6, 6.07) is 14.6. The van der Waals surface area contributed by atoms with Crippen molar-refractivity contribution >= 4 is 0 Å². The van der Waals surface area contributed by atoms with Gasteiger partial charge in [0, 0.05) is 36.1 Å². The summed E-state index contributed by atoms with van der Waals surface area (Å²) in [7, 11) is 0. The largest absolute Gasteiger partial charge is 0.508 e. The SMILES string of the molecule is Oc1ccc2c(c1)OC[C@@](O)([C@@H]1O[C@@]34COc5cc(O)ccc5[C@]3(O1)c1cc(O)c(O)cc1C4)Cc1cc(O)c(O)cc1-2. The number of benzene rings is 4. The summed E-state index contributed by atoms with van der Waals surface area (Å²) in [4.78, 5) is 0. The molecule has 1 fully saturated rings. The lowest BCUT2D eigenvalue weighted by Crippen LogP contribution is -2.54. The van der Waals surface area contributed by atoms with Gasteiger partial charge in [0.25, 0.3) is 0 Å². The predicted molar refractivity (Wildman–Crippen MR) is 148 cm³/mol. The average Bonchev–Trinajstić information content (AvgIpc) is 3.44. The standard InChI is InChI=1S/C32H26O11/c33-17-1-3-19-20-9-25(37)23(35)5-15(20)11-30(39,13-40-27(19)7-17)29-42-31-12-16-6-24(36)26(38)10-22(16)32(31,43-29)21-4-2-18(34)8-28(21)41-14-31/h1-10,29,33-39H,11-14H2/t29-,30-,31+,32+/m1/s1. The molecule has 1 saturated heterocycles. The van der Waals surface area contributed by atoms with E-state index < -0.39 is 23.1 Å². The highest BCUT2D eigenvalue weighted by molar-refractivity contribution is 5.77. The molecule has 0 aromatic heterocycles. The summed E-state index contributed by atoms with van der Waals surface area (Å²) < 4.78 is 25.6. The second-order valence-electron chi connectivity index (χ2n) is 11.6. The molecule has 4 atom stereocenters. The van der Waals surface area contributed by atoms with E-state index in [1.165, 1.54) is 48.5 Å². The summed E-state index contributed by atoms with van der Waals surface area (Å²) in [5.41, 5.74) is -1.46. The van der Waals surface area contributed by atoms with Crippen LogP contribution in [0.2, 0.25) is 0 Å². The van der Waals surface area contributed by atoms with Crippen LogP contribution in [0.3, 0.4) is 0 Å². The van der Waals surface area contributed by atoms with E-state index in [1.807, 2.05) is 0 Å². The molecule has 11 nitrogen and oxygen atoms in total. The molecule has 0 unspecified atom stereocenters. The van der Waals surface area contributed by atoms with E-state index in [9.17, 15) is 35.7 Å². The van der Waals surface area contributed by atoms with Crippen molar-refractivity contribution in [3.05, 3.63) is 82.9 Å². The molecule has 4 aromatic carbocycles. The second kappa shape index (κ2) is 8.38. The third-order valence-electron chi connectivity index (χ3n) is 8.99. The molecule has 0 saturated carbocycles. The average molecular weight is 587 g/mol. The molecule has 7 N–H and O–H groups in total. The number of hydrogen-bond acceptors (Lipinski definition) is 11. The maximum absolute atomic E-state index is 12.4. The summed E-state index contributed by atoms with van der Waals surface area (Å²) in [5, 5.41) is 74.3. The van der Waals surface area contributed by atoms with Gasteiger partial charge in [0.05, 0.1) is 0 Å². The van der Waals surface area contributed by atoms with Crippen molar-refractivity contribution in [3.8, 4) is 57.1 Å². The minimum Gasteiger partial charge on any atom is -0.508 e. The van der Waals surface area contributed by atoms with Gasteiger partial charge in [-0.05, 0) is 70.8 Å². The number of hydrogen-bond donors (Lipinski definition) is 7. The minimum absolute atomic E-state index is 0.0291. The van der Waals surface area contributed by atoms with E-state index in [0.29, 0.717) is 39.1 Å². The Labute approximate surface area is 244 Å². The molecule has 3 aliphatic heterocycles. The quantitative estimate of drug-likeness (QED) is 0.163. The number of fused-ring (bicyclic) bond motifs is 5. The van der Waals surface area contributed by atoms with Crippen LogP contribution in [0.4, 0.5) is 0 Å². The van der Waals surface area contributed by atoms with Crippen molar-refractivity contribution in [3.63, 3.8) is 0 Å². The highest BCUT2D eigenvalue weighted by Crippen LogP contribution is 2.64. The summed E-state index contributed by atoms with van der Waals surface area (Å²) >= 11 is 0. The molecule has 0 radical (unpaired) electrons. The van der Waals surface area contributed by atoms with Crippen LogP contribution in [-0.4, -0.2) is 66.5 Å². The number of phenols is 6. The van der Waals surface area contributed by atoms with Gasteiger partial charge in [0.1, 0.15) is 41.8 Å². The summed E-state index contributed by atoms with van der Waals surface area (Å²) in [5.74, 6) is -0.968. The first kappa shape index (κ1) is 25.8. The molecule has 0 amide bonds. The van der Waals surface area contributed by atoms with E-state index >= 15 is 0 Å². The normalized spacial score (nSPS) is 28.1. The lowest BCUT2D eigenvalue weighted by atomic mass is 9.76. The van der Waals surface area contributed by atoms with Crippen LogP contribution < -0.4 is 9.47 Å². The zero-order chi connectivity index (χ0) is 29.9. The first-order valence-electron chi connectivity index (χ1n) is 13.6. The van der Waals surface area contributed by atoms with Crippen molar-refractivity contribution in [2.45, 2.75) is 35.9 Å². The minimum atomic E-state index is -1.90. The Bertz CT molecular complexity index is 1850. The molecule has 3 heterocycles. The fraction of sp³-hybridized carbons (Fsp3) is 0.250. The second-order valence-corrected chi connectivity index (χ2v) is 11.6. The molecule has 11 heteroatoms. The molecule has 43 heavy (non-hydrogen) atoms. The van der Waals surface area contributed by atoms with E-state index in [2.05, 4.69) is 0 Å². The van der Waals surface area contributed by atoms with E-state index in [1.54, 1.807) is 12.1 Å². The zero-order valence-corrected chi connectivity index (χ0v) is 22.4. The molecule has 4 aliphatic rings. The van der Waals surface area contributed by atoms with Crippen molar-refractivity contribution in [2.24, 2.45) is 0 Å². The van der Waals surface area contributed by atoms with Gasteiger partial charge < -0.3 is 54.7 Å². The Morgan fingerprint density at radius 3 is 2.02 bits per heavy atom. The number of ether oxygens (including phenoxy) is 4. The van der Waals surface area contributed by atoms with E-state index in [-0.39, 0.29) is 66.3 Å². The topological polar surface area (TPSA) is 179 Å². The van der Waals surface area contributed by atoms with Gasteiger partial charge in [-0.3, -0.25) is 0 Å². The number of rotatable bonds is 1. The van der Waals surface area contributed by atoms with Crippen molar-refractivity contribution < 1.29 is 54.7 Å². The van der Waals surface area contributed by atoms with Gasteiger partial charge in [0.2, 0.25) is 0 Å². The van der Waals surface area contributed by atoms with Crippen LogP contribution in [0.15, 0.2) is 60.7 Å². The lowest BCUT2D eigenvalue weighted by Gasteiger charge is -2.42. The maximum Gasteiger partial charge on any atom is 0.192 e. The van der Waals surface area contributed by atoms with Gasteiger partial charge in [-0.25, -0.2) is 0 Å². The Balaban J connectivity index is 1.29. The van der Waals surface area contributed by atoms with Gasteiger partial charge in [-0.1, -0.05) is 0 Å². The number of aliphatic hydroxyl groups is 1.